The molecule has 114 valence electrons. The Morgan fingerprint density at radius 1 is 0.909 bits per heavy atom. The molecular weight excluding hydrogens is 276 g/mol. The summed E-state index contributed by atoms with van der Waals surface area (Å²) in [6, 6.07) is 11.0. The first-order chi connectivity index (χ1) is 10.5. The van der Waals surface area contributed by atoms with Crippen molar-refractivity contribution in [3.8, 4) is 11.5 Å². The van der Waals surface area contributed by atoms with Gasteiger partial charge in [-0.15, -0.1) is 0 Å². The third kappa shape index (κ3) is 3.55. The SMILES string of the molecule is COc1ccc(C(=O)C=Cc2c(C)cc(OC)cc2C)cc1. The van der Waals surface area contributed by atoms with E-state index >= 15 is 0 Å². The predicted molar refractivity (Wildman–Crippen MR) is 88.8 cm³/mol. The van der Waals surface area contributed by atoms with E-state index < -0.39 is 0 Å². The van der Waals surface area contributed by atoms with Gasteiger partial charge >= 0.3 is 0 Å². The van der Waals surface area contributed by atoms with E-state index in [9.17, 15) is 4.79 Å². The summed E-state index contributed by atoms with van der Waals surface area (Å²) in [6.45, 7) is 4.01. The van der Waals surface area contributed by atoms with E-state index in [0.717, 1.165) is 28.2 Å². The number of hydrogen-bond donors (Lipinski definition) is 0. The lowest BCUT2D eigenvalue weighted by molar-refractivity contribution is 0.104. The molecule has 0 heterocycles. The minimum atomic E-state index is -0.0303. The van der Waals surface area contributed by atoms with Gasteiger partial charge in [0, 0.05) is 5.56 Å². The molecule has 0 aliphatic heterocycles. The van der Waals surface area contributed by atoms with Gasteiger partial charge in [-0.25, -0.2) is 0 Å². The second-order valence-electron chi connectivity index (χ2n) is 5.10. The number of ether oxygens (including phenoxy) is 2. The average molecular weight is 296 g/mol. The lowest BCUT2D eigenvalue weighted by Crippen LogP contribution is -1.95. The fraction of sp³-hybridized carbons (Fsp3) is 0.211. The molecule has 2 aromatic rings. The van der Waals surface area contributed by atoms with Crippen molar-refractivity contribution in [2.24, 2.45) is 0 Å². The van der Waals surface area contributed by atoms with E-state index in [2.05, 4.69) is 0 Å². The Balaban J connectivity index is 2.22. The van der Waals surface area contributed by atoms with Crippen molar-refractivity contribution in [3.05, 3.63) is 64.7 Å². The second kappa shape index (κ2) is 6.94. The smallest absolute Gasteiger partial charge is 0.185 e. The number of benzene rings is 2. The number of hydrogen-bond acceptors (Lipinski definition) is 3. The van der Waals surface area contributed by atoms with Crippen LogP contribution < -0.4 is 9.47 Å². The maximum absolute atomic E-state index is 12.2. The fourth-order valence-corrected chi connectivity index (χ4v) is 2.33. The van der Waals surface area contributed by atoms with Gasteiger partial charge in [0.1, 0.15) is 11.5 Å². The van der Waals surface area contributed by atoms with Crippen molar-refractivity contribution < 1.29 is 14.3 Å². The van der Waals surface area contributed by atoms with Gasteiger partial charge in [-0.05, 0) is 73.0 Å². The van der Waals surface area contributed by atoms with Gasteiger partial charge < -0.3 is 9.47 Å². The van der Waals surface area contributed by atoms with Crippen LogP contribution in [0.1, 0.15) is 27.0 Å². The van der Waals surface area contributed by atoms with Crippen LogP contribution in [0.25, 0.3) is 6.08 Å². The van der Waals surface area contributed by atoms with Crippen LogP contribution in [-0.4, -0.2) is 20.0 Å². The van der Waals surface area contributed by atoms with Crippen LogP contribution in [0.3, 0.4) is 0 Å². The summed E-state index contributed by atoms with van der Waals surface area (Å²) in [5.74, 6) is 1.54. The third-order valence-corrected chi connectivity index (χ3v) is 3.58. The van der Waals surface area contributed by atoms with Crippen LogP contribution in [0.2, 0.25) is 0 Å². The summed E-state index contributed by atoms with van der Waals surface area (Å²) in [5.41, 5.74) is 3.84. The van der Waals surface area contributed by atoms with Crippen LogP contribution >= 0.6 is 0 Å². The van der Waals surface area contributed by atoms with Gasteiger partial charge in [-0.3, -0.25) is 4.79 Å². The Labute approximate surface area is 131 Å². The molecule has 0 saturated carbocycles. The molecule has 0 atom stereocenters. The number of allylic oxidation sites excluding steroid dienone is 1. The summed E-state index contributed by atoms with van der Waals surface area (Å²) >= 11 is 0. The predicted octanol–water partition coefficient (Wildman–Crippen LogP) is 4.22. The van der Waals surface area contributed by atoms with Gasteiger partial charge in [-0.2, -0.15) is 0 Å². The molecule has 0 N–H and O–H groups in total. The van der Waals surface area contributed by atoms with E-state index in [1.807, 2.05) is 32.1 Å². The van der Waals surface area contributed by atoms with Crippen molar-refractivity contribution in [1.29, 1.82) is 0 Å². The fourth-order valence-electron chi connectivity index (χ4n) is 2.33. The first-order valence-corrected chi connectivity index (χ1v) is 7.07. The standard InChI is InChI=1S/C19H20O3/c1-13-11-17(22-4)12-14(2)18(13)9-10-19(20)15-5-7-16(21-3)8-6-15/h5-12H,1-4H3. The zero-order valence-corrected chi connectivity index (χ0v) is 13.3. The largest absolute Gasteiger partial charge is 0.497 e. The van der Waals surface area contributed by atoms with E-state index in [0.29, 0.717) is 5.56 Å². The maximum atomic E-state index is 12.2. The van der Waals surface area contributed by atoms with Gasteiger partial charge in [0.05, 0.1) is 14.2 Å². The topological polar surface area (TPSA) is 35.5 Å². The normalized spacial score (nSPS) is 10.7. The molecular formula is C19H20O3. The number of methoxy groups -OCH3 is 2. The molecule has 3 heteroatoms. The molecule has 22 heavy (non-hydrogen) atoms. The molecule has 0 spiro atoms. The van der Waals surface area contributed by atoms with Crippen molar-refractivity contribution in [2.45, 2.75) is 13.8 Å². The number of carbonyl (C=O) groups is 1. The number of aryl methyl sites for hydroxylation is 2. The highest BCUT2D eigenvalue weighted by Crippen LogP contribution is 2.23. The quantitative estimate of drug-likeness (QED) is 0.612. The van der Waals surface area contributed by atoms with Crippen molar-refractivity contribution >= 4 is 11.9 Å². The number of carbonyl (C=O) groups excluding carboxylic acids is 1. The van der Waals surface area contributed by atoms with Crippen LogP contribution in [0.15, 0.2) is 42.5 Å². The third-order valence-electron chi connectivity index (χ3n) is 3.58. The second-order valence-corrected chi connectivity index (χ2v) is 5.10. The first kappa shape index (κ1) is 15.8. The number of rotatable bonds is 5. The summed E-state index contributed by atoms with van der Waals surface area (Å²) < 4.78 is 10.3. The highest BCUT2D eigenvalue weighted by atomic mass is 16.5. The van der Waals surface area contributed by atoms with Crippen LogP contribution in [-0.2, 0) is 0 Å². The van der Waals surface area contributed by atoms with Crippen molar-refractivity contribution in [2.75, 3.05) is 14.2 Å². The summed E-state index contributed by atoms with van der Waals surface area (Å²) in [4.78, 5) is 12.2. The molecule has 2 rings (SSSR count). The monoisotopic (exact) mass is 296 g/mol. The van der Waals surface area contributed by atoms with Crippen LogP contribution in [0.4, 0.5) is 0 Å². The van der Waals surface area contributed by atoms with E-state index in [4.69, 9.17) is 9.47 Å². The zero-order chi connectivity index (χ0) is 16.1. The van der Waals surface area contributed by atoms with Gasteiger partial charge in [-0.1, -0.05) is 6.08 Å². The van der Waals surface area contributed by atoms with E-state index in [1.165, 1.54) is 0 Å². The van der Waals surface area contributed by atoms with Crippen LogP contribution in [0, 0.1) is 13.8 Å². The van der Waals surface area contributed by atoms with Gasteiger partial charge in [0.25, 0.3) is 0 Å². The van der Waals surface area contributed by atoms with Crippen molar-refractivity contribution in [1.82, 2.24) is 0 Å². The lowest BCUT2D eigenvalue weighted by Gasteiger charge is -2.08. The van der Waals surface area contributed by atoms with E-state index in [1.54, 1.807) is 44.6 Å². The minimum Gasteiger partial charge on any atom is -0.497 e. The Morgan fingerprint density at radius 2 is 1.45 bits per heavy atom. The highest BCUT2D eigenvalue weighted by molar-refractivity contribution is 6.07. The molecule has 0 aromatic heterocycles. The molecule has 0 fully saturated rings. The summed E-state index contributed by atoms with van der Waals surface area (Å²) in [6.07, 6.45) is 3.46. The molecule has 3 nitrogen and oxygen atoms in total. The Kier molecular flexibility index (Phi) is 4.99. The van der Waals surface area contributed by atoms with E-state index in [-0.39, 0.29) is 5.78 Å². The van der Waals surface area contributed by atoms with Gasteiger partial charge in [0.15, 0.2) is 5.78 Å². The molecule has 2 aromatic carbocycles. The van der Waals surface area contributed by atoms with Crippen molar-refractivity contribution in [3.63, 3.8) is 0 Å². The zero-order valence-electron chi connectivity index (χ0n) is 13.3. The van der Waals surface area contributed by atoms with Gasteiger partial charge in [0.2, 0.25) is 0 Å². The molecule has 0 saturated heterocycles. The first-order valence-electron chi connectivity index (χ1n) is 7.07. The summed E-state index contributed by atoms with van der Waals surface area (Å²) in [5, 5.41) is 0. The Hall–Kier alpha value is -2.55. The highest BCUT2D eigenvalue weighted by Gasteiger charge is 2.05. The maximum Gasteiger partial charge on any atom is 0.185 e. The molecule has 0 bridgehead atoms. The summed E-state index contributed by atoms with van der Waals surface area (Å²) in [7, 11) is 3.25. The average Bonchev–Trinajstić information content (AvgIpc) is 2.53. The molecule has 0 amide bonds. The lowest BCUT2D eigenvalue weighted by atomic mass is 10.0. The molecule has 0 aliphatic rings. The molecule has 0 aliphatic carbocycles. The molecule has 0 unspecified atom stereocenters. The van der Waals surface area contributed by atoms with Crippen LogP contribution in [0.5, 0.6) is 11.5 Å². The minimum absolute atomic E-state index is 0.0303. The number of ketones is 1. The molecule has 0 radical (unpaired) electrons. The Bertz CT molecular complexity index is 674. The Morgan fingerprint density at radius 3 is 1.95 bits per heavy atom.